The zero-order valence-corrected chi connectivity index (χ0v) is 14.1. The molecule has 1 aliphatic rings. The summed E-state index contributed by atoms with van der Waals surface area (Å²) in [4.78, 5) is 11.7. The molecule has 8 heteroatoms. The average Bonchev–Trinajstić information content (AvgIpc) is 2.66. The Morgan fingerprint density at radius 3 is 2.81 bits per heavy atom. The first kappa shape index (κ1) is 18.5. The van der Waals surface area contributed by atoms with Crippen LogP contribution in [-0.2, 0) is 12.7 Å². The maximum absolute atomic E-state index is 12.7. The van der Waals surface area contributed by atoms with Crippen LogP contribution < -0.4 is 15.5 Å². The van der Waals surface area contributed by atoms with Crippen LogP contribution in [-0.4, -0.2) is 18.9 Å². The monoisotopic (exact) mass is 375 g/mol. The van der Waals surface area contributed by atoms with Crippen molar-refractivity contribution >= 4 is 18.3 Å². The normalized spacial score (nSPS) is 13.5. The van der Waals surface area contributed by atoms with E-state index in [0.29, 0.717) is 12.2 Å². The minimum atomic E-state index is -4.42. The summed E-state index contributed by atoms with van der Waals surface area (Å²) in [6, 6.07) is 11.7. The highest BCUT2D eigenvalue weighted by Gasteiger charge is 2.30. The van der Waals surface area contributed by atoms with Gasteiger partial charge in [-0.2, -0.15) is 18.3 Å². The van der Waals surface area contributed by atoms with Crippen molar-refractivity contribution < 1.29 is 22.7 Å². The number of carbonyl (C=O) groups excluding carboxylic acids is 1. The molecule has 1 heterocycles. The maximum Gasteiger partial charge on any atom is 0.416 e. The van der Waals surface area contributed by atoms with Crippen molar-refractivity contribution in [3.8, 4) is 5.75 Å². The number of urea groups is 1. The molecular weight excluding hydrogens is 359 g/mol. The number of nitrogens with zero attached hydrogens (tertiary/aromatic N) is 1. The number of halogens is 3. The van der Waals surface area contributed by atoms with Gasteiger partial charge in [-0.15, -0.1) is 0 Å². The first-order valence-electron chi connectivity index (χ1n) is 8.07. The van der Waals surface area contributed by atoms with Crippen molar-refractivity contribution in [3.05, 3.63) is 70.8 Å². The summed E-state index contributed by atoms with van der Waals surface area (Å²) in [5.41, 5.74) is 3.53. The van der Waals surface area contributed by atoms with Crippen molar-refractivity contribution in [1.82, 2.24) is 10.7 Å². The van der Waals surface area contributed by atoms with E-state index in [1.165, 1.54) is 18.3 Å². The van der Waals surface area contributed by atoms with Gasteiger partial charge in [0.1, 0.15) is 12.4 Å². The van der Waals surface area contributed by atoms with Gasteiger partial charge in [-0.1, -0.05) is 30.3 Å². The summed E-state index contributed by atoms with van der Waals surface area (Å²) in [5.74, 6) is 0.779. The molecule has 5 nitrogen and oxygen atoms in total. The number of amides is 2. The third-order valence-corrected chi connectivity index (χ3v) is 3.76. The van der Waals surface area contributed by atoms with Gasteiger partial charge in [0.2, 0.25) is 0 Å². The van der Waals surface area contributed by atoms with E-state index in [1.54, 1.807) is 0 Å². The van der Waals surface area contributed by atoms with Crippen LogP contribution in [0, 0.1) is 0 Å². The van der Waals surface area contributed by atoms with Gasteiger partial charge in [0.25, 0.3) is 0 Å². The molecule has 0 unspecified atom stereocenters. The summed E-state index contributed by atoms with van der Waals surface area (Å²) in [6.45, 7) is 0.276. The predicted octanol–water partition coefficient (Wildman–Crippen LogP) is 3.97. The lowest BCUT2D eigenvalue weighted by molar-refractivity contribution is -0.137. The van der Waals surface area contributed by atoms with Gasteiger partial charge >= 0.3 is 12.2 Å². The Hall–Kier alpha value is -3.29. The van der Waals surface area contributed by atoms with E-state index in [4.69, 9.17) is 4.74 Å². The number of hydrogen-bond acceptors (Lipinski definition) is 3. The molecule has 1 aliphatic heterocycles. The molecule has 0 spiro atoms. The molecule has 0 atom stereocenters. The fourth-order valence-corrected chi connectivity index (χ4v) is 2.46. The van der Waals surface area contributed by atoms with Crippen molar-refractivity contribution in [3.63, 3.8) is 0 Å². The predicted molar refractivity (Wildman–Crippen MR) is 95.2 cm³/mol. The molecule has 2 aromatic carbocycles. The maximum atomic E-state index is 12.7. The van der Waals surface area contributed by atoms with Crippen LogP contribution in [0.15, 0.2) is 59.2 Å². The van der Waals surface area contributed by atoms with Crippen molar-refractivity contribution in [1.29, 1.82) is 0 Å². The fourth-order valence-electron chi connectivity index (χ4n) is 2.46. The van der Waals surface area contributed by atoms with Crippen LogP contribution in [0.25, 0.3) is 6.08 Å². The van der Waals surface area contributed by atoms with Crippen molar-refractivity contribution in [2.24, 2.45) is 5.10 Å². The molecule has 140 valence electrons. The molecular formula is C19H16F3N3O2. The Kier molecular flexibility index (Phi) is 5.44. The molecule has 27 heavy (non-hydrogen) atoms. The van der Waals surface area contributed by atoms with Crippen LogP contribution in [0.1, 0.15) is 16.7 Å². The van der Waals surface area contributed by atoms with Crippen molar-refractivity contribution in [2.45, 2.75) is 12.7 Å². The molecule has 0 aromatic heterocycles. The van der Waals surface area contributed by atoms with E-state index >= 15 is 0 Å². The van der Waals surface area contributed by atoms with E-state index < -0.39 is 17.8 Å². The lowest BCUT2D eigenvalue weighted by Gasteiger charge is -2.15. The molecule has 0 saturated heterocycles. The summed E-state index contributed by atoms with van der Waals surface area (Å²) < 4.78 is 43.6. The van der Waals surface area contributed by atoms with E-state index in [2.05, 4.69) is 15.8 Å². The minimum absolute atomic E-state index is 0.0511. The second kappa shape index (κ2) is 7.94. The summed E-state index contributed by atoms with van der Waals surface area (Å²) in [5, 5.41) is 6.27. The first-order valence-corrected chi connectivity index (χ1v) is 8.07. The number of alkyl halides is 3. The Morgan fingerprint density at radius 1 is 1.19 bits per heavy atom. The van der Waals surface area contributed by atoms with Crippen LogP contribution in [0.2, 0.25) is 0 Å². The van der Waals surface area contributed by atoms with E-state index in [0.717, 1.165) is 29.0 Å². The topological polar surface area (TPSA) is 62.7 Å². The van der Waals surface area contributed by atoms with Crippen LogP contribution in [0.5, 0.6) is 5.75 Å². The van der Waals surface area contributed by atoms with Gasteiger partial charge < -0.3 is 10.1 Å². The second-order valence-electron chi connectivity index (χ2n) is 5.80. The highest BCUT2D eigenvalue weighted by molar-refractivity contribution is 5.88. The Bertz CT molecular complexity index is 892. The molecule has 2 aromatic rings. The smallest absolute Gasteiger partial charge is 0.416 e. The van der Waals surface area contributed by atoms with E-state index in [-0.39, 0.29) is 6.54 Å². The Labute approximate surface area is 153 Å². The minimum Gasteiger partial charge on any atom is -0.488 e. The number of para-hydroxylation sites is 1. The second-order valence-corrected chi connectivity index (χ2v) is 5.80. The molecule has 0 bridgehead atoms. The van der Waals surface area contributed by atoms with Gasteiger partial charge in [0, 0.05) is 17.7 Å². The number of ether oxygens (including phenoxy) is 1. The highest BCUT2D eigenvalue weighted by Crippen LogP contribution is 2.29. The largest absolute Gasteiger partial charge is 0.488 e. The number of nitrogens with one attached hydrogen (secondary N) is 2. The van der Waals surface area contributed by atoms with Crippen LogP contribution >= 0.6 is 0 Å². The third-order valence-electron chi connectivity index (χ3n) is 3.76. The van der Waals surface area contributed by atoms with Gasteiger partial charge in [-0.25, -0.2) is 10.2 Å². The summed E-state index contributed by atoms with van der Waals surface area (Å²) in [7, 11) is 0. The third kappa shape index (κ3) is 5.10. The molecule has 2 amide bonds. The zero-order chi connectivity index (χ0) is 19.3. The fraction of sp³-hybridized carbons (Fsp3) is 0.158. The van der Waals surface area contributed by atoms with E-state index in [9.17, 15) is 18.0 Å². The zero-order valence-electron chi connectivity index (χ0n) is 14.1. The number of hydrogen-bond donors (Lipinski definition) is 2. The van der Waals surface area contributed by atoms with Gasteiger partial charge in [0.05, 0.1) is 11.8 Å². The lowest BCUT2D eigenvalue weighted by Crippen LogP contribution is -2.32. The molecule has 0 fully saturated rings. The number of fused-ring (bicyclic) bond motifs is 1. The quantitative estimate of drug-likeness (QED) is 0.628. The summed E-state index contributed by atoms with van der Waals surface area (Å²) >= 11 is 0. The SMILES string of the molecule is O=C(NCc1cccc(C(F)(F)F)c1)N/N=C/C1=Cc2ccccc2OC1. The number of rotatable bonds is 4. The molecule has 0 radical (unpaired) electrons. The molecule has 0 aliphatic carbocycles. The summed E-state index contributed by atoms with van der Waals surface area (Å²) in [6.07, 6.45) is -1.07. The lowest BCUT2D eigenvalue weighted by atomic mass is 10.1. The highest BCUT2D eigenvalue weighted by atomic mass is 19.4. The Morgan fingerprint density at radius 2 is 2.00 bits per heavy atom. The van der Waals surface area contributed by atoms with Gasteiger partial charge in [-0.3, -0.25) is 0 Å². The molecule has 2 N–H and O–H groups in total. The van der Waals surface area contributed by atoms with Gasteiger partial charge in [0.15, 0.2) is 0 Å². The van der Waals surface area contributed by atoms with Crippen LogP contribution in [0.4, 0.5) is 18.0 Å². The number of benzene rings is 2. The van der Waals surface area contributed by atoms with Gasteiger partial charge in [-0.05, 0) is 29.8 Å². The first-order chi connectivity index (χ1) is 12.9. The number of hydrazone groups is 1. The van der Waals surface area contributed by atoms with Crippen molar-refractivity contribution in [2.75, 3.05) is 6.61 Å². The number of carbonyl (C=O) groups is 1. The Balaban J connectivity index is 1.51. The standard InChI is InChI=1S/C19H16F3N3O2/c20-19(21,22)16-6-3-4-13(9-16)10-23-18(26)25-24-11-14-8-15-5-1-2-7-17(15)27-12-14/h1-9,11H,10,12H2,(H2,23,25,26)/b24-11+. The van der Waals surface area contributed by atoms with Crippen LogP contribution in [0.3, 0.4) is 0 Å². The molecule has 3 rings (SSSR count). The molecule has 0 saturated carbocycles. The average molecular weight is 375 g/mol. The van der Waals surface area contributed by atoms with E-state index in [1.807, 2.05) is 30.3 Å².